The molecule has 1 aliphatic carbocycles. The van der Waals surface area contributed by atoms with Crippen LogP contribution in [0, 0.1) is 11.8 Å². The molecule has 0 aromatic heterocycles. The van der Waals surface area contributed by atoms with Gasteiger partial charge in [-0.1, -0.05) is 0 Å². The summed E-state index contributed by atoms with van der Waals surface area (Å²) in [4.78, 5) is 11.0. The Labute approximate surface area is 76.3 Å². The van der Waals surface area contributed by atoms with E-state index in [1.807, 2.05) is 0 Å². The summed E-state index contributed by atoms with van der Waals surface area (Å²) in [6.45, 7) is 0.914. The van der Waals surface area contributed by atoms with Crippen molar-refractivity contribution >= 4 is 5.97 Å². The van der Waals surface area contributed by atoms with Gasteiger partial charge >= 0.3 is 5.97 Å². The Hall–Kier alpha value is -0.670. The Kier molecular flexibility index (Phi) is 2.88. The molecule has 0 radical (unpaired) electrons. The van der Waals surface area contributed by atoms with Crippen molar-refractivity contribution in [2.75, 3.05) is 7.11 Å². The molecule has 1 aliphatic rings. The predicted octanol–water partition coefficient (Wildman–Crippen LogP) is 2.23. The van der Waals surface area contributed by atoms with E-state index in [-0.39, 0.29) is 18.3 Å². The summed E-state index contributed by atoms with van der Waals surface area (Å²) in [5.74, 6) is -3.99. The van der Waals surface area contributed by atoms with Crippen LogP contribution in [0.15, 0.2) is 0 Å². The minimum Gasteiger partial charge on any atom is -0.469 e. The molecule has 0 aliphatic heterocycles. The third-order valence-electron chi connectivity index (χ3n) is 2.68. The molecular weight excluding hydrogens is 178 g/mol. The Morgan fingerprint density at radius 1 is 1.46 bits per heavy atom. The third kappa shape index (κ3) is 2.39. The molecule has 0 N–H and O–H groups in total. The number of carbonyl (C=O) groups excluding carboxylic acids is 1. The maximum absolute atomic E-state index is 12.8. The largest absolute Gasteiger partial charge is 0.469 e. The summed E-state index contributed by atoms with van der Waals surface area (Å²) < 4.78 is 30.1. The average Bonchev–Trinajstić information content (AvgIpc) is 2.50. The molecule has 0 spiro atoms. The molecule has 2 atom stereocenters. The standard InChI is InChI=1S/C9H14F2O2/c1-9(10,11)7-4-3-6(5-7)8(12)13-2/h6-7H,3-5H2,1-2H3/t6-,7-/m1/s1. The fourth-order valence-corrected chi connectivity index (χ4v) is 1.82. The van der Waals surface area contributed by atoms with E-state index in [1.54, 1.807) is 0 Å². The highest BCUT2D eigenvalue weighted by Gasteiger charge is 2.42. The van der Waals surface area contributed by atoms with Gasteiger partial charge in [0.1, 0.15) is 0 Å². The fourth-order valence-electron chi connectivity index (χ4n) is 1.82. The molecule has 0 heterocycles. The van der Waals surface area contributed by atoms with Crippen molar-refractivity contribution in [3.63, 3.8) is 0 Å². The molecular formula is C9H14F2O2. The molecule has 76 valence electrons. The second-order valence-corrected chi connectivity index (χ2v) is 3.69. The van der Waals surface area contributed by atoms with Crippen LogP contribution in [-0.4, -0.2) is 19.0 Å². The molecule has 1 saturated carbocycles. The van der Waals surface area contributed by atoms with Crippen LogP contribution in [0.3, 0.4) is 0 Å². The van der Waals surface area contributed by atoms with Gasteiger partial charge in [-0.3, -0.25) is 4.79 Å². The zero-order chi connectivity index (χ0) is 10.1. The second kappa shape index (κ2) is 3.60. The van der Waals surface area contributed by atoms with Crippen LogP contribution < -0.4 is 0 Å². The summed E-state index contributed by atoms with van der Waals surface area (Å²) in [7, 11) is 1.29. The first-order valence-corrected chi connectivity index (χ1v) is 4.40. The van der Waals surface area contributed by atoms with Crippen molar-refractivity contribution in [3.05, 3.63) is 0 Å². The van der Waals surface area contributed by atoms with Gasteiger partial charge < -0.3 is 4.74 Å². The lowest BCUT2D eigenvalue weighted by Crippen LogP contribution is -2.23. The van der Waals surface area contributed by atoms with Gasteiger partial charge in [-0.15, -0.1) is 0 Å². The maximum atomic E-state index is 12.8. The van der Waals surface area contributed by atoms with Gasteiger partial charge in [0, 0.05) is 5.92 Å². The smallest absolute Gasteiger partial charge is 0.308 e. The second-order valence-electron chi connectivity index (χ2n) is 3.69. The van der Waals surface area contributed by atoms with E-state index in [0.29, 0.717) is 12.8 Å². The molecule has 0 aromatic rings. The van der Waals surface area contributed by atoms with Gasteiger partial charge in [-0.05, 0) is 26.2 Å². The van der Waals surface area contributed by atoms with Gasteiger partial charge in [-0.2, -0.15) is 0 Å². The molecule has 0 amide bonds. The zero-order valence-electron chi connectivity index (χ0n) is 7.85. The monoisotopic (exact) mass is 192 g/mol. The first-order valence-electron chi connectivity index (χ1n) is 4.40. The number of carbonyl (C=O) groups is 1. The van der Waals surface area contributed by atoms with E-state index in [9.17, 15) is 13.6 Å². The number of hydrogen-bond acceptors (Lipinski definition) is 2. The predicted molar refractivity (Wildman–Crippen MR) is 43.5 cm³/mol. The van der Waals surface area contributed by atoms with Crippen molar-refractivity contribution < 1.29 is 18.3 Å². The van der Waals surface area contributed by atoms with E-state index in [1.165, 1.54) is 7.11 Å². The SMILES string of the molecule is COC(=O)[C@@H]1CC[C@@H](C(C)(F)F)C1. The van der Waals surface area contributed by atoms with Crippen LogP contribution >= 0.6 is 0 Å². The maximum Gasteiger partial charge on any atom is 0.308 e. The number of methoxy groups -OCH3 is 1. The number of halogens is 2. The van der Waals surface area contributed by atoms with Crippen LogP contribution in [-0.2, 0) is 9.53 Å². The summed E-state index contributed by atoms with van der Waals surface area (Å²) in [5.41, 5.74) is 0. The number of ether oxygens (including phenoxy) is 1. The molecule has 1 rings (SSSR count). The van der Waals surface area contributed by atoms with Crippen molar-refractivity contribution in [2.24, 2.45) is 11.8 Å². The molecule has 0 saturated heterocycles. The van der Waals surface area contributed by atoms with E-state index in [2.05, 4.69) is 4.74 Å². The van der Waals surface area contributed by atoms with Gasteiger partial charge in [0.2, 0.25) is 5.92 Å². The van der Waals surface area contributed by atoms with Crippen LogP contribution in [0.5, 0.6) is 0 Å². The summed E-state index contributed by atoms with van der Waals surface area (Å²) in [6, 6.07) is 0. The van der Waals surface area contributed by atoms with Gasteiger partial charge in [0.25, 0.3) is 0 Å². The van der Waals surface area contributed by atoms with Crippen LogP contribution in [0.25, 0.3) is 0 Å². The molecule has 0 unspecified atom stereocenters. The summed E-state index contributed by atoms with van der Waals surface area (Å²) in [6.07, 6.45) is 1.21. The number of esters is 1. The first-order chi connectivity index (χ1) is 5.95. The lowest BCUT2D eigenvalue weighted by molar-refractivity contribution is -0.145. The fraction of sp³-hybridized carbons (Fsp3) is 0.889. The Morgan fingerprint density at radius 3 is 2.46 bits per heavy atom. The summed E-state index contributed by atoms with van der Waals surface area (Å²) >= 11 is 0. The van der Waals surface area contributed by atoms with Gasteiger partial charge in [0.15, 0.2) is 0 Å². The molecule has 1 fully saturated rings. The molecule has 0 bridgehead atoms. The highest BCUT2D eigenvalue weighted by Crippen LogP contribution is 2.40. The number of rotatable bonds is 2. The van der Waals surface area contributed by atoms with E-state index < -0.39 is 11.8 Å². The Morgan fingerprint density at radius 2 is 2.08 bits per heavy atom. The first kappa shape index (κ1) is 10.4. The van der Waals surface area contributed by atoms with Crippen LogP contribution in [0.1, 0.15) is 26.2 Å². The van der Waals surface area contributed by atoms with Crippen molar-refractivity contribution in [1.29, 1.82) is 0 Å². The van der Waals surface area contributed by atoms with E-state index in [4.69, 9.17) is 0 Å². The molecule has 13 heavy (non-hydrogen) atoms. The highest BCUT2D eigenvalue weighted by molar-refractivity contribution is 5.72. The van der Waals surface area contributed by atoms with Gasteiger partial charge in [-0.25, -0.2) is 8.78 Å². The quantitative estimate of drug-likeness (QED) is 0.627. The number of alkyl halides is 2. The topological polar surface area (TPSA) is 26.3 Å². The van der Waals surface area contributed by atoms with Crippen LogP contribution in [0.4, 0.5) is 8.78 Å². The van der Waals surface area contributed by atoms with Crippen molar-refractivity contribution in [3.8, 4) is 0 Å². The number of hydrogen-bond donors (Lipinski definition) is 0. The Balaban J connectivity index is 2.50. The summed E-state index contributed by atoms with van der Waals surface area (Å²) in [5, 5.41) is 0. The Bertz CT molecular complexity index is 198. The zero-order valence-corrected chi connectivity index (χ0v) is 7.85. The average molecular weight is 192 g/mol. The third-order valence-corrected chi connectivity index (χ3v) is 2.68. The molecule has 2 nitrogen and oxygen atoms in total. The molecule has 0 aromatic carbocycles. The minimum atomic E-state index is -2.66. The lowest BCUT2D eigenvalue weighted by Gasteiger charge is -2.17. The minimum absolute atomic E-state index is 0.260. The lowest BCUT2D eigenvalue weighted by atomic mass is 9.99. The highest BCUT2D eigenvalue weighted by atomic mass is 19.3. The van der Waals surface area contributed by atoms with E-state index >= 15 is 0 Å². The van der Waals surface area contributed by atoms with E-state index in [0.717, 1.165) is 6.92 Å². The van der Waals surface area contributed by atoms with Crippen molar-refractivity contribution in [1.82, 2.24) is 0 Å². The van der Waals surface area contributed by atoms with Gasteiger partial charge in [0.05, 0.1) is 13.0 Å². The van der Waals surface area contributed by atoms with Crippen LogP contribution in [0.2, 0.25) is 0 Å². The normalized spacial score (nSPS) is 28.9. The molecule has 4 heteroatoms. The van der Waals surface area contributed by atoms with Crippen molar-refractivity contribution in [2.45, 2.75) is 32.1 Å².